The zero-order valence-corrected chi connectivity index (χ0v) is 17.8. The van der Waals surface area contributed by atoms with Gasteiger partial charge in [-0.25, -0.2) is 9.37 Å². The molecular weight excluding hydrogens is 408 g/mol. The molecule has 27 heavy (non-hydrogen) atoms. The summed E-state index contributed by atoms with van der Waals surface area (Å²) >= 11 is 7.33. The van der Waals surface area contributed by atoms with Gasteiger partial charge in [-0.05, 0) is 18.1 Å². The second kappa shape index (κ2) is 8.09. The number of aryl methyl sites for hydroxylation is 1. The number of hydrogen-bond acceptors (Lipinski definition) is 5. The Labute approximate surface area is 167 Å². The second-order valence-corrected chi connectivity index (χ2v) is 7.89. The number of halogens is 2. The number of ether oxygens (including phenoxy) is 2. The number of hydrogen-bond donors (Lipinski definition) is 0. The predicted molar refractivity (Wildman–Crippen MR) is 111 cm³/mol. The van der Waals surface area contributed by atoms with Crippen LogP contribution in [0.1, 0.15) is 34.1 Å². The van der Waals surface area contributed by atoms with E-state index in [-0.39, 0.29) is 11.3 Å². The number of carbonyl (C=O) groups is 1. The maximum absolute atomic E-state index is 15.0. The van der Waals surface area contributed by atoms with E-state index in [0.717, 1.165) is 22.1 Å². The summed E-state index contributed by atoms with van der Waals surface area (Å²) in [5.41, 5.74) is 0.788. The van der Waals surface area contributed by atoms with E-state index in [2.05, 4.69) is 14.2 Å². The fourth-order valence-corrected chi connectivity index (χ4v) is 4.75. The van der Waals surface area contributed by atoms with Crippen LogP contribution < -0.4 is 14.8 Å². The van der Waals surface area contributed by atoms with Crippen LogP contribution in [0.2, 0.25) is 5.15 Å². The molecule has 3 aromatic rings. The summed E-state index contributed by atoms with van der Waals surface area (Å²) in [5, 5.41) is 1.60. The van der Waals surface area contributed by atoms with Crippen molar-refractivity contribution in [3.05, 3.63) is 45.3 Å². The second-order valence-electron chi connectivity index (χ2n) is 5.88. The highest BCUT2D eigenvalue weighted by atomic mass is 35.5. The first-order valence-corrected chi connectivity index (χ1v) is 10.0. The minimum Gasteiger partial charge on any atom is -0.496 e. The third-order valence-electron chi connectivity index (χ3n) is 4.25. The van der Waals surface area contributed by atoms with E-state index in [9.17, 15) is 9.18 Å². The maximum atomic E-state index is 15.0. The van der Waals surface area contributed by atoms with Crippen LogP contribution in [-0.2, 0) is 6.42 Å². The molecule has 4 nitrogen and oxygen atoms in total. The van der Waals surface area contributed by atoms with Crippen molar-refractivity contribution in [1.82, 2.24) is 4.98 Å². The maximum Gasteiger partial charge on any atom is 0.207 e. The molecule has 0 aliphatic heterocycles. The van der Waals surface area contributed by atoms with E-state index in [1.165, 1.54) is 31.6 Å². The van der Waals surface area contributed by atoms with Crippen molar-refractivity contribution in [2.24, 2.45) is 0 Å². The van der Waals surface area contributed by atoms with Crippen LogP contribution in [0, 0.1) is 5.82 Å². The van der Waals surface area contributed by atoms with Crippen molar-refractivity contribution in [2.75, 3.05) is 14.2 Å². The van der Waals surface area contributed by atoms with Crippen molar-refractivity contribution in [3.63, 3.8) is 0 Å². The van der Waals surface area contributed by atoms with Crippen LogP contribution in [0.4, 0.5) is 4.39 Å². The smallest absolute Gasteiger partial charge is 0.207 e. The molecule has 8 heteroatoms. The third kappa shape index (κ3) is 3.54. The normalized spacial score (nSPS) is 11.0. The lowest BCUT2D eigenvalue weighted by Gasteiger charge is -2.14. The summed E-state index contributed by atoms with van der Waals surface area (Å²) in [7, 11) is 5.21. The molecule has 1 unspecified atom stereocenters. The fourth-order valence-electron chi connectivity index (χ4n) is 2.99. The van der Waals surface area contributed by atoms with Gasteiger partial charge in [0.25, 0.3) is 0 Å². The van der Waals surface area contributed by atoms with Crippen molar-refractivity contribution in [3.8, 4) is 11.5 Å². The highest BCUT2D eigenvalue weighted by molar-refractivity contribution is 7.28. The van der Waals surface area contributed by atoms with Gasteiger partial charge in [0.15, 0.2) is 11.6 Å². The van der Waals surface area contributed by atoms with Crippen molar-refractivity contribution >= 4 is 53.4 Å². The molecule has 0 bridgehead atoms. The summed E-state index contributed by atoms with van der Waals surface area (Å²) in [6.07, 6.45) is 3.16. The number of benzene rings is 1. The van der Waals surface area contributed by atoms with Crippen LogP contribution in [0.25, 0.3) is 10.1 Å². The Balaban J connectivity index is 2.26. The number of carbonyl (C=O) groups excluding carboxylic acids is 1. The van der Waals surface area contributed by atoms with Gasteiger partial charge in [-0.3, -0.25) is 4.79 Å². The molecule has 0 aliphatic rings. The lowest BCUT2D eigenvalue weighted by Crippen LogP contribution is -2.17. The van der Waals surface area contributed by atoms with Gasteiger partial charge in [-0.1, -0.05) is 24.9 Å². The molecule has 0 amide bonds. The van der Waals surface area contributed by atoms with Gasteiger partial charge in [0.2, 0.25) is 5.78 Å². The number of ketones is 1. The molecule has 0 fully saturated rings. The number of pyridine rings is 1. The van der Waals surface area contributed by atoms with Gasteiger partial charge in [-0.15, -0.1) is 20.6 Å². The molecule has 1 aromatic carbocycles. The predicted octanol–water partition coefficient (Wildman–Crippen LogP) is 4.79. The van der Waals surface area contributed by atoms with E-state index in [1.54, 1.807) is 12.3 Å². The average Bonchev–Trinajstić information content (AvgIpc) is 3.00. The summed E-state index contributed by atoms with van der Waals surface area (Å²) in [6.45, 7) is 2.02. The minimum atomic E-state index is -0.704. The first-order valence-electron chi connectivity index (χ1n) is 8.24. The molecule has 0 saturated carbocycles. The summed E-state index contributed by atoms with van der Waals surface area (Å²) in [4.78, 5) is 17.9. The van der Waals surface area contributed by atoms with Crippen molar-refractivity contribution in [1.29, 1.82) is 0 Å². The van der Waals surface area contributed by atoms with Crippen molar-refractivity contribution in [2.45, 2.75) is 19.8 Å². The van der Waals surface area contributed by atoms with Crippen LogP contribution >= 0.6 is 32.2 Å². The van der Waals surface area contributed by atoms with Crippen LogP contribution in [0.5, 0.6) is 11.5 Å². The lowest BCUT2D eigenvalue weighted by molar-refractivity contribution is 0.103. The number of aromatic nitrogens is 1. The van der Waals surface area contributed by atoms with E-state index < -0.39 is 11.6 Å². The van der Waals surface area contributed by atoms with E-state index in [0.29, 0.717) is 27.5 Å². The van der Waals surface area contributed by atoms with E-state index in [4.69, 9.17) is 21.1 Å². The Bertz CT molecular complexity index is 1010. The zero-order chi connectivity index (χ0) is 19.7. The Morgan fingerprint density at radius 3 is 2.63 bits per heavy atom. The average molecular weight is 426 g/mol. The number of methoxy groups -OCH3 is 2. The topological polar surface area (TPSA) is 48.4 Å². The molecular formula is C19H18ClFNO3PS. The third-order valence-corrected chi connectivity index (χ3v) is 6.21. The summed E-state index contributed by atoms with van der Waals surface area (Å²) in [5.74, 6) is -0.784. The molecule has 2 aromatic heterocycles. The summed E-state index contributed by atoms with van der Waals surface area (Å²) < 4.78 is 26.2. The van der Waals surface area contributed by atoms with Gasteiger partial charge in [-0.2, -0.15) is 0 Å². The number of thiophene rings is 1. The monoisotopic (exact) mass is 425 g/mol. The highest BCUT2D eigenvalue weighted by Crippen LogP contribution is 2.36. The molecule has 0 N–H and O–H groups in total. The Kier molecular flexibility index (Phi) is 5.99. The lowest BCUT2D eigenvalue weighted by atomic mass is 10.0. The van der Waals surface area contributed by atoms with Crippen LogP contribution in [0.3, 0.4) is 0 Å². The van der Waals surface area contributed by atoms with Gasteiger partial charge in [0.05, 0.1) is 29.4 Å². The van der Waals surface area contributed by atoms with Gasteiger partial charge < -0.3 is 9.47 Å². The fraction of sp³-hybridized carbons (Fsp3) is 0.263. The number of rotatable bonds is 6. The first kappa shape index (κ1) is 20.0. The molecule has 142 valence electrons. The van der Waals surface area contributed by atoms with Gasteiger partial charge >= 0.3 is 0 Å². The first-order chi connectivity index (χ1) is 12.9. The van der Waals surface area contributed by atoms with Gasteiger partial charge in [0.1, 0.15) is 10.9 Å². The minimum absolute atomic E-state index is 0.0377. The Morgan fingerprint density at radius 1 is 1.30 bits per heavy atom. The van der Waals surface area contributed by atoms with Crippen LogP contribution in [-0.4, -0.2) is 25.0 Å². The molecule has 0 radical (unpaired) electrons. The van der Waals surface area contributed by atoms with Crippen molar-refractivity contribution < 1.29 is 18.7 Å². The summed E-state index contributed by atoms with van der Waals surface area (Å²) in [6, 6.07) is 3.18. The number of nitrogens with zero attached hydrogens (tertiary/aromatic N) is 1. The van der Waals surface area contributed by atoms with E-state index in [1.807, 2.05) is 6.92 Å². The Morgan fingerprint density at radius 2 is 2.00 bits per heavy atom. The van der Waals surface area contributed by atoms with Gasteiger partial charge in [0, 0.05) is 23.0 Å². The molecule has 0 spiro atoms. The highest BCUT2D eigenvalue weighted by Gasteiger charge is 2.27. The molecule has 3 rings (SSSR count). The Hall–Kier alpha value is -1.75. The molecule has 1 atom stereocenters. The standard InChI is InChI=1S/C19H18ClFNO3PS/c1-4-5-9-10-6-14(20)22-8-13(10)27-19(9)17(23)15-16(21)11(24-2)7-12(25-3)18(15)26/h6-8H,4-5,26H2,1-3H3. The SMILES string of the molecule is CCCc1c(C(=O)c2c(F)c(OC)cc(OC)c2P)sc2cnc(Cl)cc12. The largest absolute Gasteiger partial charge is 0.496 e. The number of fused-ring (bicyclic) bond motifs is 1. The van der Waals surface area contributed by atoms with E-state index >= 15 is 0 Å². The van der Waals surface area contributed by atoms with Crippen LogP contribution in [0.15, 0.2) is 18.3 Å². The quantitative estimate of drug-likeness (QED) is 0.323. The molecule has 2 heterocycles. The zero-order valence-electron chi connectivity index (χ0n) is 15.1. The molecule has 0 aliphatic carbocycles. The molecule has 0 saturated heterocycles.